The van der Waals surface area contributed by atoms with Crippen LogP contribution in [0.15, 0.2) is 53.3 Å². The molecule has 4 aromatic rings. The van der Waals surface area contributed by atoms with Gasteiger partial charge in [-0.2, -0.15) is 4.68 Å². The lowest BCUT2D eigenvalue weighted by molar-refractivity contribution is -0.134. The number of aromatic nitrogens is 4. The maximum atomic E-state index is 13.7. The summed E-state index contributed by atoms with van der Waals surface area (Å²) in [5.74, 6) is 0.790. The van der Waals surface area contributed by atoms with E-state index >= 15 is 0 Å². The van der Waals surface area contributed by atoms with Gasteiger partial charge in [0.25, 0.3) is 5.56 Å². The number of likely N-dealkylation sites (tertiary alicyclic amines) is 1. The minimum absolute atomic E-state index is 0.110. The van der Waals surface area contributed by atoms with Crippen molar-refractivity contribution in [1.29, 1.82) is 0 Å². The number of amides is 1. The first-order valence-corrected chi connectivity index (χ1v) is 14.6. The fourth-order valence-corrected chi connectivity index (χ4v) is 6.03. The highest BCUT2D eigenvalue weighted by atomic mass is 19.1. The van der Waals surface area contributed by atoms with Gasteiger partial charge in [0, 0.05) is 50.5 Å². The second-order valence-corrected chi connectivity index (χ2v) is 11.5. The van der Waals surface area contributed by atoms with Crippen LogP contribution in [-0.4, -0.2) is 93.2 Å². The van der Waals surface area contributed by atoms with E-state index in [0.717, 1.165) is 86.4 Å². The molecule has 9 nitrogen and oxygen atoms in total. The van der Waals surface area contributed by atoms with Crippen molar-refractivity contribution in [3.8, 4) is 5.95 Å². The lowest BCUT2D eigenvalue weighted by Crippen LogP contribution is -2.50. The van der Waals surface area contributed by atoms with Gasteiger partial charge in [0.2, 0.25) is 11.9 Å². The fraction of sp³-hybridized carbons (Fsp3) is 0.452. The van der Waals surface area contributed by atoms with Gasteiger partial charge in [-0.15, -0.1) is 0 Å². The maximum absolute atomic E-state index is 13.7. The van der Waals surface area contributed by atoms with Gasteiger partial charge in [-0.1, -0.05) is 24.3 Å². The van der Waals surface area contributed by atoms with Gasteiger partial charge < -0.3 is 14.8 Å². The van der Waals surface area contributed by atoms with Crippen LogP contribution in [0.1, 0.15) is 29.7 Å². The molecule has 2 aliphatic rings. The highest BCUT2D eigenvalue weighted by Crippen LogP contribution is 2.24. The molecule has 2 fully saturated rings. The normalized spacial score (nSPS) is 17.5. The maximum Gasteiger partial charge on any atom is 0.277 e. The van der Waals surface area contributed by atoms with E-state index in [4.69, 9.17) is 0 Å². The van der Waals surface area contributed by atoms with Crippen molar-refractivity contribution in [2.75, 3.05) is 52.9 Å². The van der Waals surface area contributed by atoms with Crippen molar-refractivity contribution < 1.29 is 9.18 Å². The average molecular weight is 560 g/mol. The van der Waals surface area contributed by atoms with Crippen molar-refractivity contribution in [1.82, 2.24) is 34.4 Å². The standard InChI is InChI=1S/C31H38FN7O2/c1-36-16-18-37(19-17-36)21-29(40)38-14-12-23(13-15-38)20-28-25(11-8-22-6-9-24(32)10-7-22)30(41)39(35-28)31-33-26-4-2-3-5-27(26)34-31/h2-7,9-10,23,35H,8,11-21H2,1H3,(H,33,34). The van der Waals surface area contributed by atoms with E-state index in [-0.39, 0.29) is 17.3 Å². The van der Waals surface area contributed by atoms with Crippen LogP contribution in [0.2, 0.25) is 0 Å². The summed E-state index contributed by atoms with van der Waals surface area (Å²) in [5.41, 5.74) is 4.20. The highest BCUT2D eigenvalue weighted by molar-refractivity contribution is 5.78. The molecule has 2 aromatic carbocycles. The van der Waals surface area contributed by atoms with Crippen LogP contribution < -0.4 is 5.56 Å². The Morgan fingerprint density at radius 3 is 2.44 bits per heavy atom. The number of hydrogen-bond donors (Lipinski definition) is 2. The number of carbonyl (C=O) groups is 1. The molecule has 2 saturated heterocycles. The zero-order valence-corrected chi connectivity index (χ0v) is 23.6. The van der Waals surface area contributed by atoms with Crippen LogP contribution in [0.3, 0.4) is 0 Å². The van der Waals surface area contributed by atoms with Crippen molar-refractivity contribution in [2.24, 2.45) is 5.92 Å². The SMILES string of the molecule is CN1CCN(CC(=O)N2CCC(Cc3[nH]n(-c4nc5ccccc5[nH]4)c(=O)c3CCc3ccc(F)cc3)CC2)CC1. The van der Waals surface area contributed by atoms with Crippen LogP contribution in [-0.2, 0) is 24.1 Å². The molecule has 4 heterocycles. The number of para-hydroxylation sites is 2. The molecular formula is C31H38FN7O2. The molecule has 2 N–H and O–H groups in total. The number of nitrogens with one attached hydrogen (secondary N) is 2. The van der Waals surface area contributed by atoms with Gasteiger partial charge in [0.05, 0.1) is 17.6 Å². The molecule has 0 atom stereocenters. The van der Waals surface area contributed by atoms with Crippen molar-refractivity contribution in [3.05, 3.63) is 81.5 Å². The van der Waals surface area contributed by atoms with Crippen LogP contribution >= 0.6 is 0 Å². The molecule has 0 radical (unpaired) electrons. The summed E-state index contributed by atoms with van der Waals surface area (Å²) < 4.78 is 14.9. The molecule has 0 bridgehead atoms. The van der Waals surface area contributed by atoms with E-state index in [1.807, 2.05) is 29.2 Å². The predicted molar refractivity (Wildman–Crippen MR) is 157 cm³/mol. The van der Waals surface area contributed by atoms with Gasteiger partial charge in [0.1, 0.15) is 5.82 Å². The number of aryl methyl sites for hydroxylation is 1. The third-order valence-electron chi connectivity index (χ3n) is 8.65. The number of rotatable bonds is 8. The summed E-state index contributed by atoms with van der Waals surface area (Å²) in [7, 11) is 2.12. The number of halogens is 1. The fourth-order valence-electron chi connectivity index (χ4n) is 6.03. The number of piperazine rings is 1. The van der Waals surface area contributed by atoms with E-state index in [0.29, 0.717) is 31.3 Å². The number of H-pyrrole nitrogens is 2. The summed E-state index contributed by atoms with van der Waals surface area (Å²) in [6, 6.07) is 14.2. The minimum Gasteiger partial charge on any atom is -0.342 e. The van der Waals surface area contributed by atoms with Gasteiger partial charge in [-0.3, -0.25) is 19.6 Å². The topological polar surface area (TPSA) is 93.3 Å². The van der Waals surface area contributed by atoms with E-state index in [9.17, 15) is 14.0 Å². The Hall–Kier alpha value is -3.76. The van der Waals surface area contributed by atoms with E-state index in [1.54, 1.807) is 12.1 Å². The number of aromatic amines is 2. The van der Waals surface area contributed by atoms with Crippen LogP contribution in [0.25, 0.3) is 17.0 Å². The van der Waals surface area contributed by atoms with E-state index < -0.39 is 0 Å². The van der Waals surface area contributed by atoms with Crippen molar-refractivity contribution >= 4 is 16.9 Å². The number of benzene rings is 2. The smallest absolute Gasteiger partial charge is 0.277 e. The summed E-state index contributed by atoms with van der Waals surface area (Å²) in [4.78, 5) is 41.1. The molecule has 2 aliphatic heterocycles. The van der Waals surface area contributed by atoms with Gasteiger partial charge in [0.15, 0.2) is 0 Å². The Morgan fingerprint density at radius 1 is 0.976 bits per heavy atom. The van der Waals surface area contributed by atoms with Crippen LogP contribution in [0.4, 0.5) is 4.39 Å². The molecule has 41 heavy (non-hydrogen) atoms. The van der Waals surface area contributed by atoms with Crippen molar-refractivity contribution in [2.45, 2.75) is 32.1 Å². The quantitative estimate of drug-likeness (QED) is 0.346. The van der Waals surface area contributed by atoms with Gasteiger partial charge in [-0.05, 0) is 74.9 Å². The molecular weight excluding hydrogens is 521 g/mol. The number of likely N-dealkylation sites (N-methyl/N-ethyl adjacent to an activating group) is 1. The van der Waals surface area contributed by atoms with Crippen LogP contribution in [0, 0.1) is 11.7 Å². The summed E-state index contributed by atoms with van der Waals surface area (Å²) in [6.07, 6.45) is 3.74. The Bertz CT molecular complexity index is 1510. The minimum atomic E-state index is -0.267. The lowest BCUT2D eigenvalue weighted by Gasteiger charge is -2.36. The molecule has 0 spiro atoms. The molecule has 0 aliphatic carbocycles. The lowest BCUT2D eigenvalue weighted by atomic mass is 9.90. The summed E-state index contributed by atoms with van der Waals surface area (Å²) in [6.45, 7) is 5.88. The first-order chi connectivity index (χ1) is 19.9. The molecule has 0 saturated carbocycles. The summed E-state index contributed by atoms with van der Waals surface area (Å²) in [5, 5.41) is 3.37. The Balaban J connectivity index is 1.16. The second-order valence-electron chi connectivity index (χ2n) is 11.5. The Kier molecular flexibility index (Phi) is 8.02. The monoisotopic (exact) mass is 559 g/mol. The molecule has 6 rings (SSSR count). The Labute approximate surface area is 238 Å². The second kappa shape index (κ2) is 12.0. The molecule has 2 aromatic heterocycles. The first-order valence-electron chi connectivity index (χ1n) is 14.6. The largest absolute Gasteiger partial charge is 0.342 e. The predicted octanol–water partition coefficient (Wildman–Crippen LogP) is 2.99. The summed E-state index contributed by atoms with van der Waals surface area (Å²) >= 11 is 0. The van der Waals surface area contributed by atoms with Crippen LogP contribution in [0.5, 0.6) is 0 Å². The third kappa shape index (κ3) is 6.28. The third-order valence-corrected chi connectivity index (χ3v) is 8.65. The number of carbonyl (C=O) groups excluding carboxylic acids is 1. The molecule has 10 heteroatoms. The number of nitrogens with zero attached hydrogens (tertiary/aromatic N) is 5. The van der Waals surface area contributed by atoms with Crippen molar-refractivity contribution in [3.63, 3.8) is 0 Å². The average Bonchev–Trinajstić information content (AvgIpc) is 3.55. The van der Waals surface area contributed by atoms with Gasteiger partial charge >= 0.3 is 0 Å². The Morgan fingerprint density at radius 2 is 1.71 bits per heavy atom. The van der Waals surface area contributed by atoms with E-state index in [1.165, 1.54) is 16.8 Å². The molecule has 0 unspecified atom stereocenters. The molecule has 216 valence electrons. The zero-order chi connectivity index (χ0) is 28.3. The zero-order valence-electron chi connectivity index (χ0n) is 23.6. The number of imidazole rings is 1. The number of hydrogen-bond acceptors (Lipinski definition) is 5. The number of piperidine rings is 1. The number of fused-ring (bicyclic) bond motifs is 1. The highest BCUT2D eigenvalue weighted by Gasteiger charge is 2.27. The van der Waals surface area contributed by atoms with E-state index in [2.05, 4.69) is 31.9 Å². The molecule has 1 amide bonds. The first kappa shape index (κ1) is 27.4. The van der Waals surface area contributed by atoms with Gasteiger partial charge in [-0.25, -0.2) is 9.37 Å².